The molecule has 41 heavy (non-hydrogen) atoms. The van der Waals surface area contributed by atoms with Crippen molar-refractivity contribution < 1.29 is 23.8 Å². The second kappa shape index (κ2) is 12.3. The van der Waals surface area contributed by atoms with Gasteiger partial charge in [-0.05, 0) is 37.1 Å². The first-order chi connectivity index (χ1) is 19.9. The number of rotatable bonds is 10. The highest BCUT2D eigenvalue weighted by Crippen LogP contribution is 2.36. The van der Waals surface area contributed by atoms with E-state index < -0.39 is 17.8 Å². The van der Waals surface area contributed by atoms with Crippen LogP contribution in [0.5, 0.6) is 5.75 Å². The summed E-state index contributed by atoms with van der Waals surface area (Å²) in [6, 6.07) is 9.31. The van der Waals surface area contributed by atoms with Crippen LogP contribution in [-0.2, 0) is 11.3 Å². The van der Waals surface area contributed by atoms with Crippen molar-refractivity contribution in [1.29, 1.82) is 0 Å². The summed E-state index contributed by atoms with van der Waals surface area (Å²) in [4.78, 5) is 23.5. The van der Waals surface area contributed by atoms with Crippen LogP contribution < -0.4 is 20.7 Å². The smallest absolute Gasteiger partial charge is 0.250 e. The second-order valence-corrected chi connectivity index (χ2v) is 9.71. The van der Waals surface area contributed by atoms with E-state index in [2.05, 4.69) is 25.3 Å². The van der Waals surface area contributed by atoms with Crippen molar-refractivity contribution in [3.63, 3.8) is 0 Å². The number of β-amino-alcohol motifs (C(OH)–C–C–N with tert-alkyl or cyclic N) is 1. The Labute approximate surface area is 236 Å². The number of hydrogen-bond donors (Lipinski definition) is 3. The molecule has 0 saturated carbocycles. The van der Waals surface area contributed by atoms with Gasteiger partial charge in [0.05, 0.1) is 55.1 Å². The summed E-state index contributed by atoms with van der Waals surface area (Å²) in [7, 11) is 3.06. The highest BCUT2D eigenvalue weighted by atomic mass is 19.1. The Kier molecular flexibility index (Phi) is 8.41. The van der Waals surface area contributed by atoms with Crippen LogP contribution in [-0.4, -0.2) is 70.8 Å². The number of anilines is 3. The minimum absolute atomic E-state index is 0.0317. The number of benzene rings is 1. The normalized spacial score (nSPS) is 15.1. The number of amides is 1. The van der Waals surface area contributed by atoms with E-state index in [1.54, 1.807) is 31.6 Å². The molecule has 0 bridgehead atoms. The number of pyridine rings is 2. The topological polar surface area (TPSA) is 141 Å². The molecule has 1 aliphatic heterocycles. The number of carbonyl (C=O) groups excluding carboxylic acids is 1. The molecule has 0 spiro atoms. The van der Waals surface area contributed by atoms with Gasteiger partial charge in [0.2, 0.25) is 0 Å². The molecule has 1 saturated heterocycles. The number of nitrogens with zero attached hydrogens (tertiary/aromatic N) is 5. The zero-order chi connectivity index (χ0) is 28.9. The quantitative estimate of drug-likeness (QED) is 0.265. The fraction of sp³-hybridized carbons (Fsp3) is 0.310. The SMILES string of the molecule is COCCn1cc(-c2cnc(Nc3ccc(C(N)=O)c(-c4c(F)cccc4OC)n3)cc2N2CCC[C@H](O)C2)cn1. The molecule has 5 rings (SSSR count). The number of piperidine rings is 1. The number of aliphatic hydroxyl groups excluding tert-OH is 1. The third-order valence-corrected chi connectivity index (χ3v) is 6.94. The number of ether oxygens (including phenoxy) is 2. The van der Waals surface area contributed by atoms with Gasteiger partial charge >= 0.3 is 0 Å². The molecule has 4 heterocycles. The summed E-state index contributed by atoms with van der Waals surface area (Å²) in [6.45, 7) is 2.41. The first kappa shape index (κ1) is 28.0. The number of nitrogens with two attached hydrogens (primary N) is 1. The van der Waals surface area contributed by atoms with Crippen LogP contribution in [0.15, 0.2) is 55.0 Å². The molecule has 1 aromatic carbocycles. The maximum atomic E-state index is 14.9. The maximum absolute atomic E-state index is 14.9. The monoisotopic (exact) mass is 561 g/mol. The van der Waals surface area contributed by atoms with Crippen molar-refractivity contribution >= 4 is 23.2 Å². The molecule has 11 nitrogen and oxygen atoms in total. The van der Waals surface area contributed by atoms with Crippen LogP contribution in [0.25, 0.3) is 22.4 Å². The Morgan fingerprint density at radius 1 is 1.22 bits per heavy atom. The summed E-state index contributed by atoms with van der Waals surface area (Å²) < 4.78 is 27.3. The van der Waals surface area contributed by atoms with E-state index in [-0.39, 0.29) is 22.6 Å². The number of nitrogens with one attached hydrogen (secondary N) is 1. The largest absolute Gasteiger partial charge is 0.496 e. The zero-order valence-corrected chi connectivity index (χ0v) is 22.9. The Hall–Kier alpha value is -4.55. The molecule has 0 aliphatic carbocycles. The summed E-state index contributed by atoms with van der Waals surface area (Å²) in [5, 5.41) is 18.0. The van der Waals surface area contributed by atoms with Crippen molar-refractivity contribution in [1.82, 2.24) is 19.7 Å². The molecule has 3 aromatic heterocycles. The summed E-state index contributed by atoms with van der Waals surface area (Å²) >= 11 is 0. The van der Waals surface area contributed by atoms with Gasteiger partial charge < -0.3 is 30.5 Å². The van der Waals surface area contributed by atoms with Crippen LogP contribution in [0.2, 0.25) is 0 Å². The van der Waals surface area contributed by atoms with Gasteiger partial charge in [0.25, 0.3) is 5.91 Å². The van der Waals surface area contributed by atoms with Gasteiger partial charge in [-0.2, -0.15) is 5.10 Å². The molecule has 1 amide bonds. The third-order valence-electron chi connectivity index (χ3n) is 6.94. The number of primary amides is 1. The highest BCUT2D eigenvalue weighted by molar-refractivity contribution is 6.00. The van der Waals surface area contributed by atoms with Crippen LogP contribution in [0.4, 0.5) is 21.7 Å². The van der Waals surface area contributed by atoms with Crippen molar-refractivity contribution in [3.8, 4) is 28.1 Å². The van der Waals surface area contributed by atoms with E-state index in [1.165, 1.54) is 25.3 Å². The predicted molar refractivity (Wildman–Crippen MR) is 153 cm³/mol. The van der Waals surface area contributed by atoms with Crippen molar-refractivity contribution in [2.45, 2.75) is 25.5 Å². The van der Waals surface area contributed by atoms with Gasteiger partial charge in [-0.1, -0.05) is 6.07 Å². The van der Waals surface area contributed by atoms with Crippen molar-refractivity contribution in [3.05, 3.63) is 66.4 Å². The Morgan fingerprint density at radius 2 is 2.07 bits per heavy atom. The molecular weight excluding hydrogens is 529 g/mol. The Bertz CT molecular complexity index is 1540. The fourth-order valence-electron chi connectivity index (χ4n) is 4.93. The van der Waals surface area contributed by atoms with Gasteiger partial charge in [0, 0.05) is 49.8 Å². The lowest BCUT2D eigenvalue weighted by Gasteiger charge is -2.33. The summed E-state index contributed by atoms with van der Waals surface area (Å²) in [6.07, 6.45) is 6.62. The van der Waals surface area contributed by atoms with E-state index in [4.69, 9.17) is 15.2 Å². The Morgan fingerprint density at radius 3 is 2.83 bits per heavy atom. The number of aromatic nitrogens is 4. The average Bonchev–Trinajstić information content (AvgIpc) is 3.44. The second-order valence-electron chi connectivity index (χ2n) is 9.71. The fourth-order valence-corrected chi connectivity index (χ4v) is 4.93. The van der Waals surface area contributed by atoms with Crippen LogP contribution >= 0.6 is 0 Å². The molecule has 1 fully saturated rings. The number of hydrogen-bond acceptors (Lipinski definition) is 9. The van der Waals surface area contributed by atoms with Crippen molar-refractivity contribution in [2.75, 3.05) is 44.1 Å². The molecule has 12 heteroatoms. The first-order valence-corrected chi connectivity index (χ1v) is 13.2. The van der Waals surface area contributed by atoms with Crippen LogP contribution in [0.1, 0.15) is 23.2 Å². The number of carbonyl (C=O) groups is 1. The molecule has 1 aliphatic rings. The minimum atomic E-state index is -0.746. The van der Waals surface area contributed by atoms with E-state index in [0.29, 0.717) is 31.3 Å². The zero-order valence-electron chi connectivity index (χ0n) is 22.9. The lowest BCUT2D eigenvalue weighted by atomic mass is 10.0. The molecular formula is C29H32FN7O4. The predicted octanol–water partition coefficient (Wildman–Crippen LogP) is 3.60. The van der Waals surface area contributed by atoms with Crippen molar-refractivity contribution in [2.24, 2.45) is 5.73 Å². The molecule has 4 aromatic rings. The molecule has 0 radical (unpaired) electrons. The van der Waals surface area contributed by atoms with Gasteiger partial charge in [0.1, 0.15) is 23.2 Å². The number of aliphatic hydroxyl groups is 1. The minimum Gasteiger partial charge on any atom is -0.496 e. The first-order valence-electron chi connectivity index (χ1n) is 13.2. The third kappa shape index (κ3) is 6.13. The van der Waals surface area contributed by atoms with Crippen LogP contribution in [0, 0.1) is 5.82 Å². The standard InChI is InChI=1S/C29H32FN7O4/c1-40-12-11-37-16-18(14-33-37)21-15-32-26(13-23(21)36-10-4-5-19(38)17-36)34-25-9-8-20(29(31)39)28(35-25)27-22(30)6-3-7-24(27)41-2/h3,6-9,13-16,19,38H,4-5,10-12,17H2,1-2H3,(H2,31,39)(H,32,34,35)/t19-/m0/s1. The summed E-state index contributed by atoms with van der Waals surface area (Å²) in [5.74, 6) is -0.328. The van der Waals surface area contributed by atoms with E-state index in [1.807, 2.05) is 16.9 Å². The van der Waals surface area contributed by atoms with Gasteiger partial charge in [-0.15, -0.1) is 0 Å². The lowest BCUT2D eigenvalue weighted by Crippen LogP contribution is -2.38. The van der Waals surface area contributed by atoms with Gasteiger partial charge in [-0.3, -0.25) is 9.48 Å². The highest BCUT2D eigenvalue weighted by Gasteiger charge is 2.23. The average molecular weight is 562 g/mol. The molecule has 1 atom stereocenters. The summed E-state index contributed by atoms with van der Waals surface area (Å²) in [5.41, 5.74) is 8.35. The van der Waals surface area contributed by atoms with E-state index in [0.717, 1.165) is 36.2 Å². The maximum Gasteiger partial charge on any atom is 0.250 e. The number of methoxy groups -OCH3 is 2. The van der Waals surface area contributed by atoms with Crippen LogP contribution in [0.3, 0.4) is 0 Å². The lowest BCUT2D eigenvalue weighted by molar-refractivity contribution is 0.100. The van der Waals surface area contributed by atoms with Gasteiger partial charge in [-0.25, -0.2) is 14.4 Å². The van der Waals surface area contributed by atoms with E-state index >= 15 is 0 Å². The Balaban J connectivity index is 1.53. The number of halogens is 1. The molecule has 0 unspecified atom stereocenters. The van der Waals surface area contributed by atoms with Gasteiger partial charge in [0.15, 0.2) is 0 Å². The van der Waals surface area contributed by atoms with E-state index in [9.17, 15) is 14.3 Å². The molecule has 4 N–H and O–H groups in total. The molecule has 214 valence electrons.